The molecular weight excluding hydrogens is 219 g/mol. The highest BCUT2D eigenvalue weighted by molar-refractivity contribution is 5.14. The molecule has 1 aromatic rings. The summed E-state index contributed by atoms with van der Waals surface area (Å²) >= 11 is 0. The van der Waals surface area contributed by atoms with Gasteiger partial charge in [-0.25, -0.2) is 4.39 Å². The molecule has 1 aliphatic rings. The van der Waals surface area contributed by atoms with Gasteiger partial charge in [-0.1, -0.05) is 0 Å². The van der Waals surface area contributed by atoms with E-state index in [1.54, 1.807) is 6.20 Å². The Bertz CT molecular complexity index is 353. The highest BCUT2D eigenvalue weighted by Crippen LogP contribution is 2.15. The normalized spacial score (nSPS) is 22.4. The number of hydrogen-bond acceptors (Lipinski definition) is 3. The van der Waals surface area contributed by atoms with Gasteiger partial charge in [0.25, 0.3) is 0 Å². The fourth-order valence-electron chi connectivity index (χ4n) is 2.06. The van der Waals surface area contributed by atoms with Gasteiger partial charge in [-0.3, -0.25) is 4.98 Å². The fourth-order valence-corrected chi connectivity index (χ4v) is 2.06. The van der Waals surface area contributed by atoms with Gasteiger partial charge in [-0.05, 0) is 37.8 Å². The second-order valence-corrected chi connectivity index (χ2v) is 4.56. The first-order chi connectivity index (χ1) is 8.25. The molecule has 1 fully saturated rings. The zero-order valence-corrected chi connectivity index (χ0v) is 10.2. The van der Waals surface area contributed by atoms with E-state index in [0.29, 0.717) is 6.10 Å². The summed E-state index contributed by atoms with van der Waals surface area (Å²) in [6.07, 6.45) is 6.74. The largest absolute Gasteiger partial charge is 0.377 e. The maximum absolute atomic E-state index is 13.0. The summed E-state index contributed by atoms with van der Waals surface area (Å²) < 4.78 is 18.6. The van der Waals surface area contributed by atoms with Crippen LogP contribution in [0.1, 0.15) is 37.8 Å². The SMILES string of the molecule is CC(NCC1CCCCO1)c1cncc(F)c1. The van der Waals surface area contributed by atoms with Crippen molar-refractivity contribution < 1.29 is 9.13 Å². The minimum atomic E-state index is -0.287. The summed E-state index contributed by atoms with van der Waals surface area (Å²) in [6.45, 7) is 3.69. The first-order valence-electron chi connectivity index (χ1n) is 6.21. The number of rotatable bonds is 4. The Morgan fingerprint density at radius 3 is 3.12 bits per heavy atom. The van der Waals surface area contributed by atoms with Crippen molar-refractivity contribution in [3.8, 4) is 0 Å². The Balaban J connectivity index is 1.82. The van der Waals surface area contributed by atoms with Crippen LogP contribution in [0.5, 0.6) is 0 Å². The van der Waals surface area contributed by atoms with Gasteiger partial charge in [-0.15, -0.1) is 0 Å². The van der Waals surface area contributed by atoms with Crippen molar-refractivity contribution in [1.29, 1.82) is 0 Å². The zero-order valence-electron chi connectivity index (χ0n) is 10.2. The maximum atomic E-state index is 13.0. The van der Waals surface area contributed by atoms with Crippen molar-refractivity contribution in [3.05, 3.63) is 29.8 Å². The molecule has 0 radical (unpaired) electrons. The average molecular weight is 238 g/mol. The third-order valence-corrected chi connectivity index (χ3v) is 3.15. The molecule has 0 bridgehead atoms. The summed E-state index contributed by atoms with van der Waals surface area (Å²) in [5.74, 6) is -0.287. The molecule has 2 heterocycles. The molecule has 17 heavy (non-hydrogen) atoms. The molecule has 0 aliphatic carbocycles. The molecule has 94 valence electrons. The van der Waals surface area contributed by atoms with Crippen LogP contribution in [0.15, 0.2) is 18.5 Å². The van der Waals surface area contributed by atoms with Crippen LogP contribution in [-0.2, 0) is 4.74 Å². The average Bonchev–Trinajstić information content (AvgIpc) is 2.37. The van der Waals surface area contributed by atoms with Crippen LogP contribution < -0.4 is 5.32 Å². The molecule has 2 unspecified atom stereocenters. The number of halogens is 1. The van der Waals surface area contributed by atoms with E-state index < -0.39 is 0 Å². The molecule has 3 nitrogen and oxygen atoms in total. The maximum Gasteiger partial charge on any atom is 0.141 e. The van der Waals surface area contributed by atoms with Crippen molar-refractivity contribution >= 4 is 0 Å². The first kappa shape index (κ1) is 12.5. The van der Waals surface area contributed by atoms with E-state index in [1.807, 2.05) is 6.92 Å². The van der Waals surface area contributed by atoms with Crippen LogP contribution in [0.4, 0.5) is 4.39 Å². The highest BCUT2D eigenvalue weighted by atomic mass is 19.1. The monoisotopic (exact) mass is 238 g/mol. The van der Waals surface area contributed by atoms with Crippen molar-refractivity contribution in [2.24, 2.45) is 0 Å². The Kier molecular flexibility index (Phi) is 4.45. The smallest absolute Gasteiger partial charge is 0.141 e. The van der Waals surface area contributed by atoms with Gasteiger partial charge >= 0.3 is 0 Å². The fraction of sp³-hybridized carbons (Fsp3) is 0.615. The van der Waals surface area contributed by atoms with E-state index >= 15 is 0 Å². The lowest BCUT2D eigenvalue weighted by Crippen LogP contribution is -2.33. The highest BCUT2D eigenvalue weighted by Gasteiger charge is 2.15. The number of nitrogens with one attached hydrogen (secondary N) is 1. The van der Waals surface area contributed by atoms with Crippen molar-refractivity contribution in [1.82, 2.24) is 10.3 Å². The predicted molar refractivity (Wildman–Crippen MR) is 64.2 cm³/mol. The van der Waals surface area contributed by atoms with Crippen LogP contribution >= 0.6 is 0 Å². The Labute approximate surface area is 101 Å². The Hall–Kier alpha value is -1.00. The van der Waals surface area contributed by atoms with Gasteiger partial charge in [0.2, 0.25) is 0 Å². The van der Waals surface area contributed by atoms with Crippen LogP contribution in [0.2, 0.25) is 0 Å². The number of aromatic nitrogens is 1. The zero-order chi connectivity index (χ0) is 12.1. The van der Waals surface area contributed by atoms with Crippen LogP contribution in [0.3, 0.4) is 0 Å². The minimum absolute atomic E-state index is 0.101. The summed E-state index contributed by atoms with van der Waals surface area (Å²) in [5.41, 5.74) is 0.876. The predicted octanol–water partition coefficient (Wildman–Crippen LogP) is 2.44. The van der Waals surface area contributed by atoms with E-state index in [4.69, 9.17) is 4.74 Å². The molecule has 1 N–H and O–H groups in total. The van der Waals surface area contributed by atoms with Crippen LogP contribution in [-0.4, -0.2) is 24.2 Å². The molecule has 0 aromatic carbocycles. The quantitative estimate of drug-likeness (QED) is 0.874. The van der Waals surface area contributed by atoms with E-state index in [2.05, 4.69) is 10.3 Å². The van der Waals surface area contributed by atoms with Gasteiger partial charge in [0, 0.05) is 25.4 Å². The van der Waals surface area contributed by atoms with Crippen LogP contribution in [0.25, 0.3) is 0 Å². The summed E-state index contributed by atoms with van der Waals surface area (Å²) in [5, 5.41) is 3.36. The standard InChI is InChI=1S/C13H19FN2O/c1-10(11-6-12(14)8-15-7-11)16-9-13-4-2-3-5-17-13/h6-8,10,13,16H,2-5,9H2,1H3. The molecule has 1 aliphatic heterocycles. The van der Waals surface area contributed by atoms with Crippen molar-refractivity contribution in [2.75, 3.05) is 13.2 Å². The van der Waals surface area contributed by atoms with Gasteiger partial charge in [0.15, 0.2) is 0 Å². The lowest BCUT2D eigenvalue weighted by molar-refractivity contribution is 0.0156. The number of nitrogens with zero attached hydrogens (tertiary/aromatic N) is 1. The second kappa shape index (κ2) is 6.07. The first-order valence-corrected chi connectivity index (χ1v) is 6.21. The van der Waals surface area contributed by atoms with Gasteiger partial charge < -0.3 is 10.1 Å². The number of ether oxygens (including phenoxy) is 1. The molecule has 0 amide bonds. The lowest BCUT2D eigenvalue weighted by atomic mass is 10.1. The van der Waals surface area contributed by atoms with Crippen LogP contribution in [0, 0.1) is 5.82 Å². The topological polar surface area (TPSA) is 34.1 Å². The number of pyridine rings is 1. The van der Waals surface area contributed by atoms with E-state index in [0.717, 1.165) is 25.1 Å². The van der Waals surface area contributed by atoms with E-state index in [-0.39, 0.29) is 11.9 Å². The molecular formula is C13H19FN2O. The third kappa shape index (κ3) is 3.75. The van der Waals surface area contributed by atoms with E-state index in [9.17, 15) is 4.39 Å². The van der Waals surface area contributed by atoms with Gasteiger partial charge in [0.1, 0.15) is 5.82 Å². The molecule has 0 spiro atoms. The molecule has 2 rings (SSSR count). The molecule has 1 saturated heterocycles. The molecule has 4 heteroatoms. The molecule has 2 atom stereocenters. The Morgan fingerprint density at radius 2 is 2.41 bits per heavy atom. The Morgan fingerprint density at radius 1 is 1.53 bits per heavy atom. The van der Waals surface area contributed by atoms with Gasteiger partial charge in [0.05, 0.1) is 12.3 Å². The summed E-state index contributed by atoms with van der Waals surface area (Å²) in [4.78, 5) is 3.85. The van der Waals surface area contributed by atoms with Crippen molar-refractivity contribution in [2.45, 2.75) is 38.3 Å². The number of hydrogen-bond donors (Lipinski definition) is 1. The summed E-state index contributed by atoms with van der Waals surface area (Å²) in [7, 11) is 0. The molecule has 0 saturated carbocycles. The third-order valence-electron chi connectivity index (χ3n) is 3.15. The molecule has 1 aromatic heterocycles. The summed E-state index contributed by atoms with van der Waals surface area (Å²) in [6, 6.07) is 1.62. The van der Waals surface area contributed by atoms with E-state index in [1.165, 1.54) is 25.1 Å². The second-order valence-electron chi connectivity index (χ2n) is 4.56. The van der Waals surface area contributed by atoms with Gasteiger partial charge in [-0.2, -0.15) is 0 Å². The lowest BCUT2D eigenvalue weighted by Gasteiger charge is -2.24. The minimum Gasteiger partial charge on any atom is -0.377 e. The van der Waals surface area contributed by atoms with Crippen molar-refractivity contribution in [3.63, 3.8) is 0 Å².